The number of hydrogen-bond acceptors (Lipinski definition) is 2. The molecule has 0 aromatic heterocycles. The van der Waals surface area contributed by atoms with Crippen LogP contribution in [0.5, 0.6) is 0 Å². The van der Waals surface area contributed by atoms with E-state index < -0.39 is 0 Å². The second kappa shape index (κ2) is 8.90. The van der Waals surface area contributed by atoms with E-state index in [1.54, 1.807) is 0 Å². The Morgan fingerprint density at radius 1 is 1.11 bits per heavy atom. The number of aryl methyl sites for hydroxylation is 1. The summed E-state index contributed by atoms with van der Waals surface area (Å²) in [5.74, 6) is 0.337. The molecular formula is C24H30N2O. The first kappa shape index (κ1) is 19.2. The predicted molar refractivity (Wildman–Crippen MR) is 111 cm³/mol. The molecule has 0 heterocycles. The molecule has 0 aliphatic heterocycles. The average Bonchev–Trinajstić information content (AvgIpc) is 2.72. The van der Waals surface area contributed by atoms with Crippen molar-refractivity contribution in [1.82, 2.24) is 5.32 Å². The van der Waals surface area contributed by atoms with Crippen molar-refractivity contribution >= 4 is 5.91 Å². The summed E-state index contributed by atoms with van der Waals surface area (Å²) >= 11 is 0. The van der Waals surface area contributed by atoms with E-state index in [1.165, 1.54) is 17.5 Å². The van der Waals surface area contributed by atoms with Crippen molar-refractivity contribution < 1.29 is 4.79 Å². The molecule has 2 aromatic carbocycles. The van der Waals surface area contributed by atoms with Crippen molar-refractivity contribution in [3.8, 4) is 0 Å². The van der Waals surface area contributed by atoms with Gasteiger partial charge < -0.3 is 11.1 Å². The largest absolute Gasteiger partial charge is 0.401 e. The first-order valence-electron chi connectivity index (χ1n) is 9.98. The zero-order valence-electron chi connectivity index (χ0n) is 16.2. The number of carbonyl (C=O) groups excluding carboxylic acids is 1. The molecule has 3 nitrogen and oxygen atoms in total. The number of hydrogen-bond donors (Lipinski definition) is 2. The van der Waals surface area contributed by atoms with Crippen molar-refractivity contribution in [2.45, 2.75) is 51.0 Å². The Balaban J connectivity index is 1.78. The summed E-state index contributed by atoms with van der Waals surface area (Å²) in [5.41, 5.74) is 10.1. The van der Waals surface area contributed by atoms with Crippen LogP contribution >= 0.6 is 0 Å². The van der Waals surface area contributed by atoms with Gasteiger partial charge in [-0.15, -0.1) is 0 Å². The quantitative estimate of drug-likeness (QED) is 0.771. The van der Waals surface area contributed by atoms with Crippen LogP contribution in [0.25, 0.3) is 0 Å². The zero-order valence-corrected chi connectivity index (χ0v) is 16.2. The molecule has 3 N–H and O–H groups in total. The van der Waals surface area contributed by atoms with Crippen molar-refractivity contribution in [3.63, 3.8) is 0 Å². The lowest BCUT2D eigenvalue weighted by molar-refractivity contribution is -0.127. The van der Waals surface area contributed by atoms with E-state index in [0.29, 0.717) is 5.70 Å². The predicted octanol–water partition coefficient (Wildman–Crippen LogP) is 4.85. The lowest BCUT2D eigenvalue weighted by atomic mass is 9.74. The lowest BCUT2D eigenvalue weighted by Crippen LogP contribution is -2.39. The van der Waals surface area contributed by atoms with E-state index in [0.717, 1.165) is 31.2 Å². The monoisotopic (exact) mass is 362 g/mol. The third-order valence-electron chi connectivity index (χ3n) is 5.71. The second-order valence-corrected chi connectivity index (χ2v) is 7.52. The Morgan fingerprint density at radius 3 is 2.41 bits per heavy atom. The molecule has 3 heteroatoms. The van der Waals surface area contributed by atoms with Crippen LogP contribution in [-0.4, -0.2) is 5.91 Å². The molecule has 0 saturated heterocycles. The fraction of sp³-hybridized carbons (Fsp3) is 0.375. The van der Waals surface area contributed by atoms with Gasteiger partial charge in [-0.25, -0.2) is 0 Å². The van der Waals surface area contributed by atoms with Crippen molar-refractivity contribution in [3.05, 3.63) is 83.6 Å². The average molecular weight is 363 g/mol. The molecule has 2 aromatic rings. The number of rotatable bonds is 6. The van der Waals surface area contributed by atoms with Crippen LogP contribution in [0.3, 0.4) is 0 Å². The molecule has 1 aliphatic carbocycles. The summed E-state index contributed by atoms with van der Waals surface area (Å²) in [6, 6.07) is 18.3. The molecule has 142 valence electrons. The van der Waals surface area contributed by atoms with Gasteiger partial charge in [-0.3, -0.25) is 4.79 Å². The van der Waals surface area contributed by atoms with Crippen LogP contribution in [0.2, 0.25) is 0 Å². The maximum atomic E-state index is 13.2. The Labute approximate surface area is 162 Å². The number of nitrogens with one attached hydrogen (secondary N) is 1. The third kappa shape index (κ3) is 4.60. The summed E-state index contributed by atoms with van der Waals surface area (Å²) in [7, 11) is 0. The Kier molecular flexibility index (Phi) is 6.33. The molecule has 1 fully saturated rings. The molecule has 0 bridgehead atoms. The second-order valence-electron chi connectivity index (χ2n) is 7.52. The van der Waals surface area contributed by atoms with Gasteiger partial charge in [0.15, 0.2) is 0 Å². The highest BCUT2D eigenvalue weighted by Gasteiger charge is 2.33. The number of nitrogens with two attached hydrogens (primary N) is 1. The maximum absolute atomic E-state index is 13.2. The number of amides is 1. The SMILES string of the molecule is C=C(N)[C@@H](NC(=O)[C@@H]1CCCC[C@H]1c1ccc(CC)cc1)c1ccccc1. The highest BCUT2D eigenvalue weighted by molar-refractivity contribution is 5.80. The summed E-state index contributed by atoms with van der Waals surface area (Å²) in [5, 5.41) is 3.16. The smallest absolute Gasteiger partial charge is 0.224 e. The number of carbonyl (C=O) groups is 1. The van der Waals surface area contributed by atoms with Crippen LogP contribution in [0.15, 0.2) is 66.9 Å². The maximum Gasteiger partial charge on any atom is 0.224 e. The summed E-state index contributed by atoms with van der Waals surface area (Å²) in [6.07, 6.45) is 5.29. The Bertz CT molecular complexity index is 767. The molecule has 27 heavy (non-hydrogen) atoms. The third-order valence-corrected chi connectivity index (χ3v) is 5.71. The van der Waals surface area contributed by atoms with Crippen LogP contribution in [0.1, 0.15) is 61.3 Å². The highest BCUT2D eigenvalue weighted by Crippen LogP contribution is 2.38. The van der Waals surface area contributed by atoms with E-state index in [9.17, 15) is 4.79 Å². The van der Waals surface area contributed by atoms with Gasteiger partial charge in [0.25, 0.3) is 0 Å². The fourth-order valence-electron chi connectivity index (χ4n) is 4.13. The van der Waals surface area contributed by atoms with E-state index in [1.807, 2.05) is 30.3 Å². The minimum absolute atomic E-state index is 0.0169. The van der Waals surface area contributed by atoms with Gasteiger partial charge >= 0.3 is 0 Å². The normalized spacial score (nSPS) is 20.6. The first-order valence-corrected chi connectivity index (χ1v) is 9.98. The van der Waals surface area contributed by atoms with Gasteiger partial charge in [0.05, 0.1) is 6.04 Å². The first-order chi connectivity index (χ1) is 13.1. The Hall–Kier alpha value is -2.55. The van der Waals surface area contributed by atoms with Crippen molar-refractivity contribution in [2.75, 3.05) is 0 Å². The zero-order chi connectivity index (χ0) is 19.2. The molecule has 0 radical (unpaired) electrons. The van der Waals surface area contributed by atoms with Crippen LogP contribution < -0.4 is 11.1 Å². The topological polar surface area (TPSA) is 55.1 Å². The van der Waals surface area contributed by atoms with E-state index in [4.69, 9.17) is 5.73 Å². The molecule has 1 amide bonds. The van der Waals surface area contributed by atoms with Crippen molar-refractivity contribution in [1.29, 1.82) is 0 Å². The minimum Gasteiger partial charge on any atom is -0.401 e. The lowest BCUT2D eigenvalue weighted by Gasteiger charge is -2.32. The Morgan fingerprint density at radius 2 is 1.78 bits per heavy atom. The van der Waals surface area contributed by atoms with E-state index in [-0.39, 0.29) is 23.8 Å². The molecular weight excluding hydrogens is 332 g/mol. The van der Waals surface area contributed by atoms with Crippen molar-refractivity contribution in [2.24, 2.45) is 11.7 Å². The summed E-state index contributed by atoms with van der Waals surface area (Å²) in [6.45, 7) is 6.05. The van der Waals surface area contributed by atoms with Crippen LogP contribution in [0, 0.1) is 5.92 Å². The van der Waals surface area contributed by atoms with Gasteiger partial charge in [0.1, 0.15) is 0 Å². The summed E-state index contributed by atoms with van der Waals surface area (Å²) < 4.78 is 0. The van der Waals surface area contributed by atoms with E-state index in [2.05, 4.69) is 43.1 Å². The molecule has 0 unspecified atom stereocenters. The highest BCUT2D eigenvalue weighted by atomic mass is 16.2. The van der Waals surface area contributed by atoms with Gasteiger partial charge in [-0.1, -0.05) is 80.9 Å². The molecule has 1 saturated carbocycles. The van der Waals surface area contributed by atoms with Gasteiger partial charge in [0.2, 0.25) is 5.91 Å². The summed E-state index contributed by atoms with van der Waals surface area (Å²) in [4.78, 5) is 13.2. The molecule has 3 rings (SSSR count). The standard InChI is InChI=1S/C24H30N2O/c1-3-18-13-15-19(16-14-18)21-11-7-8-12-22(21)24(27)26-23(17(2)25)20-9-5-4-6-10-20/h4-6,9-10,13-16,21-23H,2-3,7-8,11-12,25H2,1H3,(H,26,27)/t21-,22+,23+/m0/s1. The molecule has 1 aliphatic rings. The van der Waals surface area contributed by atoms with Gasteiger partial charge in [-0.2, -0.15) is 0 Å². The fourth-order valence-corrected chi connectivity index (χ4v) is 4.13. The molecule has 3 atom stereocenters. The molecule has 0 spiro atoms. The van der Waals surface area contributed by atoms with Crippen LogP contribution in [-0.2, 0) is 11.2 Å². The number of benzene rings is 2. The minimum atomic E-state index is -0.344. The van der Waals surface area contributed by atoms with E-state index >= 15 is 0 Å². The van der Waals surface area contributed by atoms with Gasteiger partial charge in [-0.05, 0) is 41.9 Å². The van der Waals surface area contributed by atoms with Gasteiger partial charge in [0, 0.05) is 11.6 Å². The van der Waals surface area contributed by atoms with Crippen LogP contribution in [0.4, 0.5) is 0 Å².